The third-order valence-electron chi connectivity index (χ3n) is 3.40. The van der Waals surface area contributed by atoms with Gasteiger partial charge < -0.3 is 30.0 Å². The number of nitrogens with zero attached hydrogens (tertiary/aromatic N) is 1. The first-order chi connectivity index (χ1) is 12.5. The molecule has 2 heterocycles. The third-order valence-corrected chi connectivity index (χ3v) is 4.28. The number of aliphatic carboxylic acids is 1. The van der Waals surface area contributed by atoms with Gasteiger partial charge in [-0.25, -0.2) is 0 Å². The number of oxime groups is 1. The lowest BCUT2D eigenvalue weighted by Gasteiger charge is -2.20. The van der Waals surface area contributed by atoms with Crippen LogP contribution in [0.25, 0.3) is 0 Å². The number of nitrogens with one attached hydrogen (secondary N) is 1. The van der Waals surface area contributed by atoms with E-state index in [1.807, 2.05) is 0 Å². The fourth-order valence-corrected chi connectivity index (χ4v) is 2.93. The second kappa shape index (κ2) is 10.1. The summed E-state index contributed by atoms with van der Waals surface area (Å²) < 4.78 is 5.28. The third kappa shape index (κ3) is 5.95. The van der Waals surface area contributed by atoms with Crippen LogP contribution in [0.15, 0.2) is 34.8 Å². The van der Waals surface area contributed by atoms with Crippen molar-refractivity contribution < 1.29 is 34.3 Å². The number of amides is 1. The van der Waals surface area contributed by atoms with Gasteiger partial charge in [-0.1, -0.05) is 23.4 Å². The number of hydrogen-bond acceptors (Lipinski definition) is 8. The van der Waals surface area contributed by atoms with E-state index in [0.717, 1.165) is 0 Å². The van der Waals surface area contributed by atoms with Crippen molar-refractivity contribution in [2.75, 3.05) is 13.2 Å². The molecular formula is C15H19BN2O7S. The highest BCUT2D eigenvalue weighted by Gasteiger charge is 2.33. The van der Waals surface area contributed by atoms with E-state index < -0.39 is 31.0 Å². The van der Waals surface area contributed by atoms with Gasteiger partial charge in [0, 0.05) is 0 Å². The van der Waals surface area contributed by atoms with Crippen LogP contribution in [0.2, 0.25) is 0 Å². The number of carboxylic acid groups (broad SMARTS) is 1. The number of hydrogen-bond donors (Lipinski definition) is 4. The molecule has 4 N–H and O–H groups in total. The van der Waals surface area contributed by atoms with Crippen molar-refractivity contribution >= 4 is 36.0 Å². The first-order valence-corrected chi connectivity index (χ1v) is 8.76. The highest BCUT2D eigenvalue weighted by molar-refractivity contribution is 7.13. The summed E-state index contributed by atoms with van der Waals surface area (Å²) in [5, 5.41) is 35.9. The van der Waals surface area contributed by atoms with E-state index in [1.165, 1.54) is 11.3 Å². The van der Waals surface area contributed by atoms with E-state index in [9.17, 15) is 14.6 Å². The van der Waals surface area contributed by atoms with Crippen molar-refractivity contribution in [3.05, 3.63) is 34.5 Å². The molecule has 1 aromatic rings. The number of carboxylic acids is 1. The average Bonchev–Trinajstić information content (AvgIpc) is 3.05. The van der Waals surface area contributed by atoms with Crippen LogP contribution in [0, 0.1) is 0 Å². The van der Waals surface area contributed by atoms with Crippen LogP contribution in [0.5, 0.6) is 0 Å². The predicted octanol–water partition coefficient (Wildman–Crippen LogP) is -0.215. The van der Waals surface area contributed by atoms with Gasteiger partial charge in [-0.3, -0.25) is 9.59 Å². The van der Waals surface area contributed by atoms with E-state index in [1.54, 1.807) is 29.7 Å². The quantitative estimate of drug-likeness (QED) is 0.160. The molecule has 0 aliphatic carbocycles. The molecule has 2 rings (SSSR count). The van der Waals surface area contributed by atoms with Gasteiger partial charge >= 0.3 is 13.1 Å². The second-order valence-electron chi connectivity index (χ2n) is 5.38. The topological polar surface area (TPSA) is 138 Å². The minimum Gasteiger partial charge on any atom is -0.481 e. The number of carbonyl (C=O) groups is 2. The Labute approximate surface area is 154 Å². The monoisotopic (exact) mass is 382 g/mol. The smallest absolute Gasteiger partial charge is 0.478 e. The van der Waals surface area contributed by atoms with Crippen molar-refractivity contribution in [3.8, 4) is 0 Å². The minimum absolute atomic E-state index is 0.0102. The van der Waals surface area contributed by atoms with Crippen molar-refractivity contribution in [2.24, 2.45) is 5.16 Å². The SMILES string of the molecule is O=C(O)C[C@H]1C=CC[C@H](NC(=O)/C(=N/OCCO)c2cccs2)B(O)O1. The lowest BCUT2D eigenvalue weighted by molar-refractivity contribution is -0.138. The molecule has 9 nitrogen and oxygen atoms in total. The van der Waals surface area contributed by atoms with Crippen LogP contribution in [-0.4, -0.2) is 65.2 Å². The van der Waals surface area contributed by atoms with Crippen LogP contribution < -0.4 is 5.32 Å². The van der Waals surface area contributed by atoms with Crippen molar-refractivity contribution in [1.82, 2.24) is 5.32 Å². The van der Waals surface area contributed by atoms with Gasteiger partial charge in [0.25, 0.3) is 5.91 Å². The highest BCUT2D eigenvalue weighted by atomic mass is 32.1. The molecule has 0 aromatic carbocycles. The van der Waals surface area contributed by atoms with E-state index >= 15 is 0 Å². The Morgan fingerprint density at radius 3 is 2.96 bits per heavy atom. The zero-order valence-corrected chi connectivity index (χ0v) is 14.6. The molecule has 140 valence electrons. The zero-order valence-electron chi connectivity index (χ0n) is 13.8. The summed E-state index contributed by atoms with van der Waals surface area (Å²) in [6.07, 6.45) is 2.40. The zero-order chi connectivity index (χ0) is 18.9. The second-order valence-corrected chi connectivity index (χ2v) is 6.33. The fourth-order valence-electron chi connectivity index (χ4n) is 2.23. The summed E-state index contributed by atoms with van der Waals surface area (Å²) in [5.41, 5.74) is 0.0102. The van der Waals surface area contributed by atoms with Crippen molar-refractivity contribution in [2.45, 2.75) is 24.9 Å². The Morgan fingerprint density at radius 2 is 2.31 bits per heavy atom. The normalized spacial score (nSPS) is 20.5. The maximum absolute atomic E-state index is 12.6. The predicted molar refractivity (Wildman–Crippen MR) is 94.7 cm³/mol. The standard InChI is InChI=1S/C15H19BN2O7S/c19-6-7-24-18-14(11-4-2-8-26-11)15(22)17-12-5-1-3-10(9-13(20)21)25-16(12)23/h1-4,8,10,12,19,23H,5-7,9H2,(H,17,22)(H,20,21)/b18-14+/t10-,12+/m1/s1. The van der Waals surface area contributed by atoms with E-state index in [-0.39, 0.29) is 31.8 Å². The summed E-state index contributed by atoms with van der Waals surface area (Å²) in [6.45, 7) is -0.301. The van der Waals surface area contributed by atoms with E-state index in [0.29, 0.717) is 4.88 Å². The van der Waals surface area contributed by atoms with Gasteiger partial charge in [-0.15, -0.1) is 11.3 Å². The molecule has 0 saturated carbocycles. The Bertz CT molecular complexity index is 665. The lowest BCUT2D eigenvalue weighted by Crippen LogP contribution is -2.50. The first-order valence-electron chi connectivity index (χ1n) is 7.88. The maximum Gasteiger partial charge on any atom is 0.478 e. The summed E-state index contributed by atoms with van der Waals surface area (Å²) in [6, 6.07) is 3.44. The van der Waals surface area contributed by atoms with Gasteiger partial charge in [0.15, 0.2) is 5.71 Å². The number of aliphatic hydroxyl groups excluding tert-OH is 1. The highest BCUT2D eigenvalue weighted by Crippen LogP contribution is 2.14. The molecule has 1 aliphatic rings. The summed E-state index contributed by atoms with van der Waals surface area (Å²) >= 11 is 1.28. The van der Waals surface area contributed by atoms with Gasteiger partial charge in [0.2, 0.25) is 0 Å². The Morgan fingerprint density at radius 1 is 1.50 bits per heavy atom. The molecular weight excluding hydrogens is 363 g/mol. The number of rotatable bonds is 8. The summed E-state index contributed by atoms with van der Waals surface area (Å²) in [4.78, 5) is 28.8. The van der Waals surface area contributed by atoms with Gasteiger partial charge in [0.05, 0.1) is 30.0 Å². The summed E-state index contributed by atoms with van der Waals surface area (Å²) in [7, 11) is -1.37. The first kappa shape index (κ1) is 20.1. The van der Waals surface area contributed by atoms with Crippen LogP contribution >= 0.6 is 11.3 Å². The molecule has 0 fully saturated rings. The Hall–Kier alpha value is -2.21. The van der Waals surface area contributed by atoms with Gasteiger partial charge in [-0.2, -0.15) is 0 Å². The molecule has 26 heavy (non-hydrogen) atoms. The molecule has 0 radical (unpaired) electrons. The molecule has 0 saturated heterocycles. The van der Waals surface area contributed by atoms with Gasteiger partial charge in [0.1, 0.15) is 6.61 Å². The largest absolute Gasteiger partial charge is 0.481 e. The molecule has 1 aromatic heterocycles. The molecule has 11 heteroatoms. The van der Waals surface area contributed by atoms with E-state index in [2.05, 4.69) is 10.5 Å². The van der Waals surface area contributed by atoms with Crippen LogP contribution in [0.4, 0.5) is 0 Å². The van der Waals surface area contributed by atoms with E-state index in [4.69, 9.17) is 19.7 Å². The molecule has 0 spiro atoms. The molecule has 1 amide bonds. The molecule has 0 bridgehead atoms. The number of aliphatic hydroxyl groups is 1. The number of thiophene rings is 1. The minimum atomic E-state index is -1.37. The average molecular weight is 382 g/mol. The van der Waals surface area contributed by atoms with Crippen LogP contribution in [0.3, 0.4) is 0 Å². The molecule has 2 atom stereocenters. The maximum atomic E-state index is 12.6. The van der Waals surface area contributed by atoms with Crippen molar-refractivity contribution in [1.29, 1.82) is 0 Å². The Balaban J connectivity index is 2.05. The Kier molecular flexibility index (Phi) is 7.79. The number of carbonyl (C=O) groups excluding carboxylic acids is 1. The van der Waals surface area contributed by atoms with Crippen LogP contribution in [-0.2, 0) is 19.1 Å². The summed E-state index contributed by atoms with van der Waals surface area (Å²) in [5.74, 6) is -2.41. The molecule has 1 aliphatic heterocycles. The lowest BCUT2D eigenvalue weighted by atomic mass is 9.77. The van der Waals surface area contributed by atoms with Crippen molar-refractivity contribution in [3.63, 3.8) is 0 Å². The fraction of sp³-hybridized carbons (Fsp3) is 0.400. The van der Waals surface area contributed by atoms with Gasteiger partial charge in [-0.05, 0) is 17.9 Å². The molecule has 0 unspecified atom stereocenters. The van der Waals surface area contributed by atoms with Crippen LogP contribution in [0.1, 0.15) is 17.7 Å².